The first-order valence-electron chi connectivity index (χ1n) is 7.18. The first-order valence-corrected chi connectivity index (χ1v) is 8.06. The molecule has 2 rings (SSSR count). The fraction of sp³-hybridized carbons (Fsp3) is 0.429. The summed E-state index contributed by atoms with van der Waals surface area (Å²) in [6, 6.07) is 1.78. The highest BCUT2D eigenvalue weighted by Gasteiger charge is 2.14. The number of ether oxygens (including phenoxy) is 1. The topological polar surface area (TPSA) is 104 Å². The van der Waals surface area contributed by atoms with Gasteiger partial charge in [0.05, 0.1) is 25.2 Å². The van der Waals surface area contributed by atoms with Crippen molar-refractivity contribution in [1.29, 1.82) is 0 Å². The predicted octanol–water partition coefficient (Wildman–Crippen LogP) is 1.08. The van der Waals surface area contributed by atoms with E-state index in [-0.39, 0.29) is 18.7 Å². The average molecular weight is 338 g/mol. The number of rotatable bonds is 6. The van der Waals surface area contributed by atoms with Crippen LogP contribution in [0.1, 0.15) is 19.7 Å². The van der Waals surface area contributed by atoms with E-state index in [2.05, 4.69) is 20.0 Å². The molecule has 8 nitrogen and oxygen atoms in total. The molecule has 0 unspecified atom stereocenters. The Morgan fingerprint density at radius 2 is 2.22 bits per heavy atom. The van der Waals surface area contributed by atoms with E-state index in [1.165, 1.54) is 11.3 Å². The molecule has 0 aliphatic carbocycles. The van der Waals surface area contributed by atoms with Crippen LogP contribution in [-0.4, -0.2) is 46.6 Å². The van der Waals surface area contributed by atoms with Crippen LogP contribution in [0, 0.1) is 0 Å². The van der Waals surface area contributed by atoms with Crippen LogP contribution in [0.5, 0.6) is 0 Å². The zero-order valence-corrected chi connectivity index (χ0v) is 13.7. The number of carbonyl (C=O) groups excluding carboxylic acids is 2. The standard InChI is InChI=1S/C14H18N4O4S/c1-3-18(8-11(19)17-14(21)22-4-2)7-10-15-9-5-6-23-12(9)13(20)16-10/h5-6H,3-4,7-8H2,1-2H3,(H,15,16,20)(H,17,19,21). The molecule has 2 amide bonds. The van der Waals surface area contributed by atoms with E-state index < -0.39 is 12.0 Å². The van der Waals surface area contributed by atoms with Gasteiger partial charge in [-0.15, -0.1) is 11.3 Å². The lowest BCUT2D eigenvalue weighted by molar-refractivity contribution is -0.121. The van der Waals surface area contributed by atoms with Crippen molar-refractivity contribution in [3.8, 4) is 0 Å². The van der Waals surface area contributed by atoms with Gasteiger partial charge >= 0.3 is 6.09 Å². The highest BCUT2D eigenvalue weighted by molar-refractivity contribution is 7.17. The molecule has 0 radical (unpaired) electrons. The average Bonchev–Trinajstić information content (AvgIpc) is 2.95. The van der Waals surface area contributed by atoms with Crippen LogP contribution in [0.2, 0.25) is 0 Å². The number of thiophene rings is 1. The van der Waals surface area contributed by atoms with Gasteiger partial charge in [-0.05, 0) is 24.9 Å². The summed E-state index contributed by atoms with van der Waals surface area (Å²) in [4.78, 5) is 43.8. The lowest BCUT2D eigenvalue weighted by atomic mass is 10.4. The SMILES string of the molecule is CCOC(=O)NC(=O)CN(CC)Cc1nc2ccsc2c(=O)[nH]1. The number of hydrogen-bond acceptors (Lipinski definition) is 7. The molecule has 2 aromatic heterocycles. The summed E-state index contributed by atoms with van der Waals surface area (Å²) in [5.74, 6) is 0.0101. The summed E-state index contributed by atoms with van der Waals surface area (Å²) in [5, 5.41) is 3.94. The Labute approximate surface area is 136 Å². The van der Waals surface area contributed by atoms with E-state index in [4.69, 9.17) is 0 Å². The Morgan fingerprint density at radius 3 is 2.91 bits per heavy atom. The van der Waals surface area contributed by atoms with Gasteiger partial charge in [-0.3, -0.25) is 19.8 Å². The summed E-state index contributed by atoms with van der Waals surface area (Å²) in [7, 11) is 0. The Bertz CT molecular complexity index is 755. The summed E-state index contributed by atoms with van der Waals surface area (Å²) >= 11 is 1.33. The number of likely N-dealkylation sites (N-methyl/N-ethyl adjacent to an activating group) is 1. The van der Waals surface area contributed by atoms with Crippen molar-refractivity contribution in [3.63, 3.8) is 0 Å². The number of aromatic amines is 1. The van der Waals surface area contributed by atoms with Gasteiger partial charge in [0, 0.05) is 0 Å². The molecule has 0 atom stereocenters. The molecule has 2 heterocycles. The molecule has 2 aromatic rings. The number of hydrogen-bond donors (Lipinski definition) is 2. The monoisotopic (exact) mass is 338 g/mol. The molecule has 0 aliphatic rings. The number of aromatic nitrogens is 2. The van der Waals surface area contributed by atoms with Gasteiger partial charge in [0.15, 0.2) is 0 Å². The molecule has 0 saturated heterocycles. The third-order valence-electron chi connectivity index (χ3n) is 3.07. The molecular weight excluding hydrogens is 320 g/mol. The number of fused-ring (bicyclic) bond motifs is 1. The molecule has 124 valence electrons. The first kappa shape index (κ1) is 17.1. The highest BCUT2D eigenvalue weighted by Crippen LogP contribution is 2.14. The molecule has 0 bridgehead atoms. The molecule has 0 fully saturated rings. The lowest BCUT2D eigenvalue weighted by Gasteiger charge is -2.18. The number of alkyl carbamates (subject to hydrolysis) is 1. The van der Waals surface area contributed by atoms with Crippen LogP contribution in [-0.2, 0) is 16.1 Å². The normalized spacial score (nSPS) is 10.9. The minimum absolute atomic E-state index is 0.000693. The maximum atomic E-state index is 11.9. The van der Waals surface area contributed by atoms with Gasteiger partial charge in [-0.1, -0.05) is 6.92 Å². The van der Waals surface area contributed by atoms with E-state index in [9.17, 15) is 14.4 Å². The van der Waals surface area contributed by atoms with Crippen molar-refractivity contribution >= 4 is 33.6 Å². The fourth-order valence-electron chi connectivity index (χ4n) is 2.01. The summed E-state index contributed by atoms with van der Waals surface area (Å²) in [5.41, 5.74) is 0.452. The molecule has 2 N–H and O–H groups in total. The maximum Gasteiger partial charge on any atom is 0.413 e. The minimum Gasteiger partial charge on any atom is -0.450 e. The van der Waals surface area contributed by atoms with E-state index in [0.717, 1.165) is 0 Å². The highest BCUT2D eigenvalue weighted by atomic mass is 32.1. The second-order valence-corrected chi connectivity index (χ2v) is 5.64. The number of carbonyl (C=O) groups is 2. The first-order chi connectivity index (χ1) is 11.0. The summed E-state index contributed by atoms with van der Waals surface area (Å²) in [6.07, 6.45) is -0.764. The van der Waals surface area contributed by atoms with Crippen molar-refractivity contribution in [1.82, 2.24) is 20.2 Å². The van der Waals surface area contributed by atoms with Gasteiger partial charge < -0.3 is 9.72 Å². The number of H-pyrrole nitrogens is 1. The molecular formula is C14H18N4O4S. The van der Waals surface area contributed by atoms with Gasteiger partial charge in [0.1, 0.15) is 10.5 Å². The van der Waals surface area contributed by atoms with Crippen LogP contribution in [0.3, 0.4) is 0 Å². The summed E-state index contributed by atoms with van der Waals surface area (Å²) in [6.45, 7) is 4.59. The van der Waals surface area contributed by atoms with Crippen molar-refractivity contribution in [3.05, 3.63) is 27.6 Å². The summed E-state index contributed by atoms with van der Waals surface area (Å²) < 4.78 is 5.23. The van der Waals surface area contributed by atoms with Crippen molar-refractivity contribution < 1.29 is 14.3 Å². The van der Waals surface area contributed by atoms with Crippen molar-refractivity contribution in [2.24, 2.45) is 0 Å². The molecule has 0 saturated carbocycles. The number of imide groups is 1. The molecule has 9 heteroatoms. The molecule has 23 heavy (non-hydrogen) atoms. The lowest BCUT2D eigenvalue weighted by Crippen LogP contribution is -2.40. The van der Waals surface area contributed by atoms with Gasteiger partial charge in [0.25, 0.3) is 5.56 Å². The van der Waals surface area contributed by atoms with Crippen LogP contribution >= 0.6 is 11.3 Å². The van der Waals surface area contributed by atoms with Crippen molar-refractivity contribution in [2.75, 3.05) is 19.7 Å². The Kier molecular flexibility index (Phi) is 5.83. The molecule has 0 aromatic carbocycles. The number of amides is 2. The third kappa shape index (κ3) is 4.60. The third-order valence-corrected chi connectivity index (χ3v) is 3.97. The van der Waals surface area contributed by atoms with Gasteiger partial charge in [0.2, 0.25) is 5.91 Å². The predicted molar refractivity (Wildman–Crippen MR) is 86.4 cm³/mol. The smallest absolute Gasteiger partial charge is 0.413 e. The Morgan fingerprint density at radius 1 is 1.43 bits per heavy atom. The van der Waals surface area contributed by atoms with Crippen LogP contribution in [0.4, 0.5) is 4.79 Å². The van der Waals surface area contributed by atoms with Gasteiger partial charge in [-0.2, -0.15) is 0 Å². The number of nitrogens with one attached hydrogen (secondary N) is 2. The quantitative estimate of drug-likeness (QED) is 0.817. The second-order valence-electron chi connectivity index (χ2n) is 4.72. The van der Waals surface area contributed by atoms with Crippen LogP contribution < -0.4 is 10.9 Å². The zero-order chi connectivity index (χ0) is 16.8. The van der Waals surface area contributed by atoms with E-state index >= 15 is 0 Å². The van der Waals surface area contributed by atoms with E-state index in [0.29, 0.717) is 29.1 Å². The van der Waals surface area contributed by atoms with E-state index in [1.807, 2.05) is 6.92 Å². The largest absolute Gasteiger partial charge is 0.450 e. The van der Waals surface area contributed by atoms with Crippen LogP contribution in [0.15, 0.2) is 16.2 Å². The Hall–Kier alpha value is -2.26. The molecule has 0 aliphatic heterocycles. The van der Waals surface area contributed by atoms with E-state index in [1.54, 1.807) is 23.3 Å². The number of nitrogens with zero attached hydrogens (tertiary/aromatic N) is 2. The second kappa shape index (κ2) is 7.84. The Balaban J connectivity index is 2.01. The minimum atomic E-state index is -0.764. The van der Waals surface area contributed by atoms with Crippen LogP contribution in [0.25, 0.3) is 10.2 Å². The zero-order valence-electron chi connectivity index (χ0n) is 12.9. The maximum absolute atomic E-state index is 11.9. The molecule has 0 spiro atoms. The van der Waals surface area contributed by atoms with Crippen molar-refractivity contribution in [2.45, 2.75) is 20.4 Å². The fourth-order valence-corrected chi connectivity index (χ4v) is 2.74. The van der Waals surface area contributed by atoms with Gasteiger partial charge in [-0.25, -0.2) is 9.78 Å².